The average Bonchev–Trinajstić information content (AvgIpc) is 2.22. The Hall–Kier alpha value is -1.39. The molecule has 1 fully saturated rings. The van der Waals surface area contributed by atoms with Gasteiger partial charge in [0.15, 0.2) is 0 Å². The lowest BCUT2D eigenvalue weighted by Gasteiger charge is -2.10. The largest absolute Gasteiger partial charge is 0.480 e. The second-order valence-electron chi connectivity index (χ2n) is 3.23. The molecule has 1 heterocycles. The first-order chi connectivity index (χ1) is 5.95. The van der Waals surface area contributed by atoms with E-state index in [-0.39, 0.29) is 11.8 Å². The first-order valence-electron chi connectivity index (χ1n) is 4.02. The second-order valence-corrected chi connectivity index (χ2v) is 3.23. The normalized spacial score (nSPS) is 28.3. The lowest BCUT2D eigenvalue weighted by atomic mass is 10.00. The van der Waals surface area contributed by atoms with Crippen LogP contribution in [0.5, 0.6) is 0 Å². The van der Waals surface area contributed by atoms with Crippen molar-refractivity contribution in [1.29, 1.82) is 0 Å². The standard InChI is InChI=1S/C8H11NO4/c1-4-5(2)8(13)9(7(4)12)3-6(10)11/h4-5H,3H2,1-2H3,(H,10,11). The van der Waals surface area contributed by atoms with Crippen LogP contribution in [-0.4, -0.2) is 34.3 Å². The van der Waals surface area contributed by atoms with Gasteiger partial charge in [-0.15, -0.1) is 0 Å². The molecule has 0 aromatic carbocycles. The molecule has 0 spiro atoms. The summed E-state index contributed by atoms with van der Waals surface area (Å²) in [5.41, 5.74) is 0. The molecule has 0 aromatic heterocycles. The number of carboxylic acid groups (broad SMARTS) is 1. The molecule has 1 saturated heterocycles. The van der Waals surface area contributed by atoms with E-state index in [1.165, 1.54) is 0 Å². The van der Waals surface area contributed by atoms with E-state index >= 15 is 0 Å². The zero-order chi connectivity index (χ0) is 10.2. The second kappa shape index (κ2) is 3.16. The Kier molecular flexibility index (Phi) is 2.36. The van der Waals surface area contributed by atoms with Crippen molar-refractivity contribution >= 4 is 17.8 Å². The molecule has 0 aromatic rings. The maximum atomic E-state index is 11.3. The van der Waals surface area contributed by atoms with E-state index in [4.69, 9.17) is 5.11 Å². The van der Waals surface area contributed by atoms with Crippen LogP contribution in [0.4, 0.5) is 0 Å². The summed E-state index contributed by atoms with van der Waals surface area (Å²) in [6.45, 7) is 2.74. The van der Waals surface area contributed by atoms with E-state index in [0.717, 1.165) is 4.90 Å². The van der Waals surface area contributed by atoms with Crippen LogP contribution in [0, 0.1) is 11.8 Å². The van der Waals surface area contributed by atoms with Crippen molar-refractivity contribution in [2.75, 3.05) is 6.54 Å². The van der Waals surface area contributed by atoms with Gasteiger partial charge < -0.3 is 5.11 Å². The molecule has 5 nitrogen and oxygen atoms in total. The molecule has 0 bridgehead atoms. The van der Waals surface area contributed by atoms with E-state index < -0.39 is 24.3 Å². The van der Waals surface area contributed by atoms with E-state index in [9.17, 15) is 14.4 Å². The molecule has 2 unspecified atom stereocenters. The van der Waals surface area contributed by atoms with Gasteiger partial charge in [-0.25, -0.2) is 0 Å². The van der Waals surface area contributed by atoms with Gasteiger partial charge in [-0.05, 0) is 0 Å². The fourth-order valence-electron chi connectivity index (χ4n) is 1.32. The summed E-state index contributed by atoms with van der Waals surface area (Å²) in [6.07, 6.45) is 0. The van der Waals surface area contributed by atoms with Gasteiger partial charge in [0.1, 0.15) is 6.54 Å². The Morgan fingerprint density at radius 2 is 1.69 bits per heavy atom. The Balaban J connectivity index is 2.81. The number of imide groups is 1. The van der Waals surface area contributed by atoms with Crippen LogP contribution >= 0.6 is 0 Å². The summed E-state index contributed by atoms with van der Waals surface area (Å²) in [5, 5.41) is 8.44. The molecule has 72 valence electrons. The van der Waals surface area contributed by atoms with E-state index in [0.29, 0.717) is 0 Å². The molecule has 2 amide bonds. The Labute approximate surface area is 75.3 Å². The summed E-state index contributed by atoms with van der Waals surface area (Å²) in [7, 11) is 0. The summed E-state index contributed by atoms with van der Waals surface area (Å²) in [5.74, 6) is -2.73. The minimum Gasteiger partial charge on any atom is -0.480 e. The van der Waals surface area contributed by atoms with Crippen molar-refractivity contribution in [3.8, 4) is 0 Å². The van der Waals surface area contributed by atoms with Gasteiger partial charge in [0, 0.05) is 11.8 Å². The molecule has 5 heteroatoms. The number of likely N-dealkylation sites (tertiary alicyclic amines) is 1. The van der Waals surface area contributed by atoms with Crippen LogP contribution in [0.2, 0.25) is 0 Å². The Morgan fingerprint density at radius 1 is 1.31 bits per heavy atom. The third-order valence-electron chi connectivity index (χ3n) is 2.35. The molecule has 1 N–H and O–H groups in total. The molecule has 1 rings (SSSR count). The first kappa shape index (κ1) is 9.70. The topological polar surface area (TPSA) is 74.7 Å². The number of carboxylic acids is 1. The predicted molar refractivity (Wildman–Crippen MR) is 42.7 cm³/mol. The number of aliphatic carboxylic acids is 1. The number of amides is 2. The van der Waals surface area contributed by atoms with Crippen molar-refractivity contribution < 1.29 is 19.5 Å². The van der Waals surface area contributed by atoms with Gasteiger partial charge in [0.05, 0.1) is 0 Å². The summed E-state index contributed by atoms with van der Waals surface area (Å²) in [4.78, 5) is 33.7. The Bertz CT molecular complexity index is 253. The highest BCUT2D eigenvalue weighted by atomic mass is 16.4. The highest BCUT2D eigenvalue weighted by Crippen LogP contribution is 2.24. The number of carbonyl (C=O) groups is 3. The van der Waals surface area contributed by atoms with Crippen LogP contribution in [0.1, 0.15) is 13.8 Å². The van der Waals surface area contributed by atoms with Gasteiger partial charge in [0.25, 0.3) is 0 Å². The molecule has 0 saturated carbocycles. The minimum absolute atomic E-state index is 0.389. The molecule has 1 aliphatic rings. The Morgan fingerprint density at radius 3 is 2.00 bits per heavy atom. The zero-order valence-corrected chi connectivity index (χ0v) is 7.48. The van der Waals surface area contributed by atoms with Gasteiger partial charge in [-0.2, -0.15) is 0 Å². The fraction of sp³-hybridized carbons (Fsp3) is 0.625. The average molecular weight is 185 g/mol. The highest BCUT2D eigenvalue weighted by molar-refractivity contribution is 6.06. The van der Waals surface area contributed by atoms with Crippen molar-refractivity contribution in [2.45, 2.75) is 13.8 Å². The molecule has 2 atom stereocenters. The molecule has 0 radical (unpaired) electrons. The smallest absolute Gasteiger partial charge is 0.323 e. The van der Waals surface area contributed by atoms with Gasteiger partial charge in [-0.1, -0.05) is 13.8 Å². The number of nitrogens with zero attached hydrogens (tertiary/aromatic N) is 1. The number of hydrogen-bond donors (Lipinski definition) is 1. The maximum Gasteiger partial charge on any atom is 0.323 e. The highest BCUT2D eigenvalue weighted by Gasteiger charge is 2.42. The summed E-state index contributed by atoms with van der Waals surface area (Å²) >= 11 is 0. The van der Waals surface area contributed by atoms with E-state index in [1.54, 1.807) is 13.8 Å². The van der Waals surface area contributed by atoms with Crippen LogP contribution in [0.15, 0.2) is 0 Å². The molecular formula is C8H11NO4. The zero-order valence-electron chi connectivity index (χ0n) is 7.48. The van der Waals surface area contributed by atoms with Crippen molar-refractivity contribution in [3.05, 3.63) is 0 Å². The first-order valence-corrected chi connectivity index (χ1v) is 4.02. The van der Waals surface area contributed by atoms with Crippen LogP contribution < -0.4 is 0 Å². The monoisotopic (exact) mass is 185 g/mol. The lowest BCUT2D eigenvalue weighted by Crippen LogP contribution is -2.35. The summed E-state index contributed by atoms with van der Waals surface area (Å²) in [6, 6.07) is 0. The van der Waals surface area contributed by atoms with Crippen molar-refractivity contribution in [3.63, 3.8) is 0 Å². The van der Waals surface area contributed by atoms with Gasteiger partial charge >= 0.3 is 5.97 Å². The van der Waals surface area contributed by atoms with Crippen molar-refractivity contribution in [1.82, 2.24) is 4.90 Å². The van der Waals surface area contributed by atoms with Gasteiger partial charge in [-0.3, -0.25) is 19.3 Å². The molecule has 1 aliphatic heterocycles. The van der Waals surface area contributed by atoms with Crippen LogP contribution in [0.25, 0.3) is 0 Å². The molecular weight excluding hydrogens is 174 g/mol. The number of rotatable bonds is 2. The maximum absolute atomic E-state index is 11.3. The quantitative estimate of drug-likeness (QED) is 0.600. The third-order valence-corrected chi connectivity index (χ3v) is 2.35. The van der Waals surface area contributed by atoms with Gasteiger partial charge in [0.2, 0.25) is 11.8 Å². The van der Waals surface area contributed by atoms with Crippen LogP contribution in [-0.2, 0) is 14.4 Å². The van der Waals surface area contributed by atoms with Crippen molar-refractivity contribution in [2.24, 2.45) is 11.8 Å². The number of carbonyl (C=O) groups excluding carboxylic acids is 2. The lowest BCUT2D eigenvalue weighted by molar-refractivity contribution is -0.149. The third kappa shape index (κ3) is 1.54. The molecule has 0 aliphatic carbocycles. The minimum atomic E-state index is -1.16. The van der Waals surface area contributed by atoms with E-state index in [1.807, 2.05) is 0 Å². The van der Waals surface area contributed by atoms with Crippen LogP contribution in [0.3, 0.4) is 0 Å². The molecule has 13 heavy (non-hydrogen) atoms. The predicted octanol–water partition coefficient (Wildman–Crippen LogP) is -0.288. The number of hydrogen-bond acceptors (Lipinski definition) is 3. The fourth-order valence-corrected chi connectivity index (χ4v) is 1.32. The SMILES string of the molecule is CC1C(=O)N(CC(=O)O)C(=O)C1C. The van der Waals surface area contributed by atoms with E-state index in [2.05, 4.69) is 0 Å². The summed E-state index contributed by atoms with van der Waals surface area (Å²) < 4.78 is 0.